The Hall–Kier alpha value is -2.21. The van der Waals surface area contributed by atoms with E-state index in [0.717, 1.165) is 35.5 Å². The summed E-state index contributed by atoms with van der Waals surface area (Å²) in [7, 11) is 1.50. The number of methoxy groups -OCH3 is 1. The third kappa shape index (κ3) is 3.17. The predicted octanol–water partition coefficient (Wildman–Crippen LogP) is 2.21. The molecule has 1 amide bonds. The number of fused-ring (bicyclic) bond motifs is 1. The van der Waals surface area contributed by atoms with Crippen molar-refractivity contribution in [3.63, 3.8) is 0 Å². The Morgan fingerprint density at radius 2 is 2.09 bits per heavy atom. The monoisotopic (exact) mass is 300 g/mol. The van der Waals surface area contributed by atoms with Crippen LogP contribution in [-0.2, 0) is 9.53 Å². The van der Waals surface area contributed by atoms with Crippen LogP contribution in [0.1, 0.15) is 19.3 Å². The second kappa shape index (κ2) is 6.70. The zero-order valence-electron chi connectivity index (χ0n) is 12.7. The van der Waals surface area contributed by atoms with Gasteiger partial charge >= 0.3 is 0 Å². The van der Waals surface area contributed by atoms with Crippen LogP contribution >= 0.6 is 0 Å². The van der Waals surface area contributed by atoms with E-state index < -0.39 is 0 Å². The molecule has 6 heteroatoms. The fraction of sp³-hybridized carbons (Fsp3) is 0.438. The average molecular weight is 300 g/mol. The first kappa shape index (κ1) is 14.7. The van der Waals surface area contributed by atoms with E-state index in [4.69, 9.17) is 4.74 Å². The number of nitrogens with one attached hydrogen (secondary N) is 1. The first-order chi connectivity index (χ1) is 10.8. The van der Waals surface area contributed by atoms with Gasteiger partial charge in [0.2, 0.25) is 5.91 Å². The number of carbonyl (C=O) groups is 1. The molecular weight excluding hydrogens is 280 g/mol. The number of hydrogen-bond donors (Lipinski definition) is 1. The van der Waals surface area contributed by atoms with E-state index in [1.165, 1.54) is 26.4 Å². The molecule has 0 bridgehead atoms. The summed E-state index contributed by atoms with van der Waals surface area (Å²) >= 11 is 0. The van der Waals surface area contributed by atoms with Crippen LogP contribution in [0.2, 0.25) is 0 Å². The zero-order chi connectivity index (χ0) is 15.4. The third-order valence-corrected chi connectivity index (χ3v) is 3.83. The molecule has 2 heterocycles. The Bertz CT molecular complexity index is 668. The molecule has 116 valence electrons. The first-order valence-corrected chi connectivity index (χ1v) is 7.56. The standard InChI is InChI=1S/C16H20N4O2/c1-22-10-15(21)19-12-5-6-14-13(9-12)16(18-11-17-14)20-7-3-2-4-8-20/h5-6,9,11H,2-4,7-8,10H2,1H3,(H,19,21). The van der Waals surface area contributed by atoms with E-state index in [0.29, 0.717) is 0 Å². The summed E-state index contributed by atoms with van der Waals surface area (Å²) in [5, 5.41) is 3.80. The quantitative estimate of drug-likeness (QED) is 0.937. The fourth-order valence-corrected chi connectivity index (χ4v) is 2.81. The molecule has 1 fully saturated rings. The van der Waals surface area contributed by atoms with E-state index in [1.807, 2.05) is 18.2 Å². The zero-order valence-corrected chi connectivity index (χ0v) is 12.7. The topological polar surface area (TPSA) is 67.3 Å². The molecule has 1 saturated heterocycles. The minimum absolute atomic E-state index is 0.0440. The number of nitrogens with zero attached hydrogens (tertiary/aromatic N) is 3. The van der Waals surface area contributed by atoms with Gasteiger partial charge in [-0.2, -0.15) is 0 Å². The van der Waals surface area contributed by atoms with Crippen LogP contribution in [0.4, 0.5) is 11.5 Å². The van der Waals surface area contributed by atoms with Crippen molar-refractivity contribution in [2.24, 2.45) is 0 Å². The van der Waals surface area contributed by atoms with Crippen LogP contribution in [0.25, 0.3) is 10.9 Å². The molecule has 0 unspecified atom stereocenters. The summed E-state index contributed by atoms with van der Waals surface area (Å²) in [5.74, 6) is 0.783. The van der Waals surface area contributed by atoms with E-state index in [-0.39, 0.29) is 12.5 Å². The Kier molecular flexibility index (Phi) is 4.48. The number of benzene rings is 1. The van der Waals surface area contributed by atoms with Gasteiger partial charge in [-0.3, -0.25) is 4.79 Å². The lowest BCUT2D eigenvalue weighted by molar-refractivity contribution is -0.119. The first-order valence-electron chi connectivity index (χ1n) is 7.56. The van der Waals surface area contributed by atoms with Gasteiger partial charge in [0.1, 0.15) is 18.8 Å². The molecule has 3 rings (SSSR count). The maximum absolute atomic E-state index is 11.7. The van der Waals surface area contributed by atoms with Crippen molar-refractivity contribution >= 4 is 28.3 Å². The summed E-state index contributed by atoms with van der Waals surface area (Å²) in [4.78, 5) is 22.7. The van der Waals surface area contributed by atoms with Gasteiger partial charge in [0.05, 0.1) is 5.52 Å². The highest BCUT2D eigenvalue weighted by atomic mass is 16.5. The van der Waals surface area contributed by atoms with Crippen LogP contribution in [0.15, 0.2) is 24.5 Å². The molecule has 1 N–H and O–H groups in total. The lowest BCUT2D eigenvalue weighted by Gasteiger charge is -2.28. The average Bonchev–Trinajstić information content (AvgIpc) is 2.55. The van der Waals surface area contributed by atoms with Crippen molar-refractivity contribution in [1.82, 2.24) is 9.97 Å². The Morgan fingerprint density at radius 3 is 2.86 bits per heavy atom. The summed E-state index contributed by atoms with van der Waals surface area (Å²) in [6.45, 7) is 2.08. The van der Waals surface area contributed by atoms with Crippen LogP contribution in [0.5, 0.6) is 0 Å². The molecule has 6 nitrogen and oxygen atoms in total. The highest BCUT2D eigenvalue weighted by Crippen LogP contribution is 2.27. The number of anilines is 2. The second-order valence-corrected chi connectivity index (χ2v) is 5.46. The maximum Gasteiger partial charge on any atom is 0.250 e. The number of aromatic nitrogens is 2. The lowest BCUT2D eigenvalue weighted by atomic mass is 10.1. The van der Waals surface area contributed by atoms with E-state index in [1.54, 1.807) is 6.33 Å². The molecular formula is C16H20N4O2. The fourth-order valence-electron chi connectivity index (χ4n) is 2.81. The van der Waals surface area contributed by atoms with Gasteiger partial charge in [-0.25, -0.2) is 9.97 Å². The molecule has 1 aliphatic heterocycles. The van der Waals surface area contributed by atoms with Gasteiger partial charge in [0.15, 0.2) is 0 Å². The number of ether oxygens (including phenoxy) is 1. The van der Waals surface area contributed by atoms with Crippen molar-refractivity contribution < 1.29 is 9.53 Å². The van der Waals surface area contributed by atoms with Crippen LogP contribution in [0, 0.1) is 0 Å². The van der Waals surface area contributed by atoms with Gasteiger partial charge in [0.25, 0.3) is 0 Å². The van der Waals surface area contributed by atoms with Gasteiger partial charge < -0.3 is 15.0 Å². The molecule has 22 heavy (non-hydrogen) atoms. The number of amides is 1. The van der Waals surface area contributed by atoms with Crippen molar-refractivity contribution in [3.05, 3.63) is 24.5 Å². The van der Waals surface area contributed by atoms with E-state index >= 15 is 0 Å². The Morgan fingerprint density at radius 1 is 1.27 bits per heavy atom. The Balaban J connectivity index is 1.93. The van der Waals surface area contributed by atoms with Crippen molar-refractivity contribution in [2.45, 2.75) is 19.3 Å². The summed E-state index contributed by atoms with van der Waals surface area (Å²) in [6, 6.07) is 5.70. The summed E-state index contributed by atoms with van der Waals surface area (Å²) in [6.07, 6.45) is 5.26. The Labute approximate surface area is 129 Å². The molecule has 0 radical (unpaired) electrons. The molecule has 0 saturated carbocycles. The lowest BCUT2D eigenvalue weighted by Crippen LogP contribution is -2.30. The van der Waals surface area contributed by atoms with Crippen LogP contribution in [0.3, 0.4) is 0 Å². The van der Waals surface area contributed by atoms with Crippen LogP contribution < -0.4 is 10.2 Å². The molecule has 0 atom stereocenters. The number of carbonyl (C=O) groups excluding carboxylic acids is 1. The molecule has 1 aromatic heterocycles. The van der Waals surface area contributed by atoms with E-state index in [2.05, 4.69) is 20.2 Å². The normalized spacial score (nSPS) is 15.0. The smallest absolute Gasteiger partial charge is 0.250 e. The molecule has 0 aliphatic carbocycles. The molecule has 2 aromatic rings. The molecule has 1 aliphatic rings. The summed E-state index contributed by atoms with van der Waals surface area (Å²) in [5.41, 5.74) is 1.63. The predicted molar refractivity (Wildman–Crippen MR) is 86.1 cm³/mol. The number of piperidine rings is 1. The third-order valence-electron chi connectivity index (χ3n) is 3.83. The minimum atomic E-state index is -0.168. The highest BCUT2D eigenvalue weighted by Gasteiger charge is 2.15. The highest BCUT2D eigenvalue weighted by molar-refractivity contribution is 5.97. The second-order valence-electron chi connectivity index (χ2n) is 5.46. The van der Waals surface area contributed by atoms with Gasteiger partial charge in [-0.15, -0.1) is 0 Å². The maximum atomic E-state index is 11.7. The van der Waals surface area contributed by atoms with Crippen molar-refractivity contribution in [3.8, 4) is 0 Å². The minimum Gasteiger partial charge on any atom is -0.375 e. The number of hydrogen-bond acceptors (Lipinski definition) is 5. The van der Waals surface area contributed by atoms with Crippen molar-refractivity contribution in [2.75, 3.05) is 37.0 Å². The van der Waals surface area contributed by atoms with Gasteiger partial charge in [0, 0.05) is 31.3 Å². The molecule has 1 aromatic carbocycles. The SMILES string of the molecule is COCC(=O)Nc1ccc2ncnc(N3CCCCC3)c2c1. The van der Waals surface area contributed by atoms with Gasteiger partial charge in [-0.05, 0) is 37.5 Å². The molecule has 0 spiro atoms. The van der Waals surface area contributed by atoms with Crippen LogP contribution in [-0.4, -0.2) is 42.7 Å². The number of rotatable bonds is 4. The van der Waals surface area contributed by atoms with Gasteiger partial charge in [-0.1, -0.05) is 0 Å². The van der Waals surface area contributed by atoms with E-state index in [9.17, 15) is 4.79 Å². The van der Waals surface area contributed by atoms with Crippen molar-refractivity contribution in [1.29, 1.82) is 0 Å². The largest absolute Gasteiger partial charge is 0.375 e. The summed E-state index contributed by atoms with van der Waals surface area (Å²) < 4.78 is 4.84.